The zero-order valence-corrected chi connectivity index (χ0v) is 17.7. The third-order valence-corrected chi connectivity index (χ3v) is 5.86. The lowest BCUT2D eigenvalue weighted by Crippen LogP contribution is -2.31. The monoisotopic (exact) mass is 407 g/mol. The molecule has 1 aliphatic rings. The highest BCUT2D eigenvalue weighted by Crippen LogP contribution is 2.28. The number of rotatable bonds is 7. The number of fused-ring (bicyclic) bond motifs is 1. The Hall–Kier alpha value is -2.73. The molecule has 1 fully saturated rings. The predicted molar refractivity (Wildman–Crippen MR) is 121 cm³/mol. The van der Waals surface area contributed by atoms with Crippen molar-refractivity contribution in [2.75, 3.05) is 30.9 Å². The van der Waals surface area contributed by atoms with Gasteiger partial charge in [0.15, 0.2) is 0 Å². The van der Waals surface area contributed by atoms with Gasteiger partial charge in [0, 0.05) is 32.1 Å². The Morgan fingerprint density at radius 3 is 2.43 bits per heavy atom. The molecule has 1 aromatic heterocycles. The molecular weight excluding hydrogens is 377 g/mol. The zero-order chi connectivity index (χ0) is 20.9. The maximum absolute atomic E-state index is 13.0. The SMILES string of the molecule is CN(C)c1nc(NC2CCC(CNCc3ccc(F)cc3)CC2)nc2ccccc12. The summed E-state index contributed by atoms with van der Waals surface area (Å²) in [4.78, 5) is 11.5. The van der Waals surface area contributed by atoms with E-state index in [0.717, 1.165) is 54.2 Å². The lowest BCUT2D eigenvalue weighted by Gasteiger charge is -2.29. The summed E-state index contributed by atoms with van der Waals surface area (Å²) in [5.41, 5.74) is 2.09. The van der Waals surface area contributed by atoms with Crippen LogP contribution >= 0.6 is 0 Å². The van der Waals surface area contributed by atoms with E-state index in [0.29, 0.717) is 12.0 Å². The van der Waals surface area contributed by atoms with Gasteiger partial charge < -0.3 is 15.5 Å². The summed E-state index contributed by atoms with van der Waals surface area (Å²) in [5.74, 6) is 2.16. The van der Waals surface area contributed by atoms with Crippen LogP contribution in [0.5, 0.6) is 0 Å². The average molecular weight is 408 g/mol. The van der Waals surface area contributed by atoms with E-state index in [-0.39, 0.29) is 5.82 Å². The molecule has 0 spiro atoms. The van der Waals surface area contributed by atoms with Gasteiger partial charge in [-0.2, -0.15) is 4.98 Å². The van der Waals surface area contributed by atoms with E-state index in [1.54, 1.807) is 0 Å². The number of anilines is 2. The molecule has 158 valence electrons. The number of hydrogen-bond donors (Lipinski definition) is 2. The number of nitrogens with one attached hydrogen (secondary N) is 2. The van der Waals surface area contributed by atoms with Crippen molar-refractivity contribution in [3.8, 4) is 0 Å². The second-order valence-corrected chi connectivity index (χ2v) is 8.40. The fourth-order valence-electron chi connectivity index (χ4n) is 4.18. The van der Waals surface area contributed by atoms with Gasteiger partial charge in [0.1, 0.15) is 11.6 Å². The maximum Gasteiger partial charge on any atom is 0.225 e. The minimum Gasteiger partial charge on any atom is -0.362 e. The molecule has 30 heavy (non-hydrogen) atoms. The number of hydrogen-bond acceptors (Lipinski definition) is 5. The predicted octanol–water partition coefficient (Wildman–Crippen LogP) is 4.60. The van der Waals surface area contributed by atoms with Crippen molar-refractivity contribution in [2.24, 2.45) is 5.92 Å². The van der Waals surface area contributed by atoms with Crippen LogP contribution in [0.3, 0.4) is 0 Å². The molecule has 0 radical (unpaired) electrons. The van der Waals surface area contributed by atoms with Crippen molar-refractivity contribution in [3.63, 3.8) is 0 Å². The summed E-state index contributed by atoms with van der Waals surface area (Å²) in [6.45, 7) is 1.79. The Balaban J connectivity index is 1.29. The summed E-state index contributed by atoms with van der Waals surface area (Å²) in [7, 11) is 4.03. The Morgan fingerprint density at radius 1 is 0.967 bits per heavy atom. The van der Waals surface area contributed by atoms with Crippen molar-refractivity contribution in [3.05, 3.63) is 59.9 Å². The third-order valence-electron chi connectivity index (χ3n) is 5.86. The van der Waals surface area contributed by atoms with E-state index >= 15 is 0 Å². The smallest absolute Gasteiger partial charge is 0.225 e. The van der Waals surface area contributed by atoms with Crippen molar-refractivity contribution in [2.45, 2.75) is 38.3 Å². The van der Waals surface area contributed by atoms with Crippen molar-refractivity contribution in [1.29, 1.82) is 0 Å². The van der Waals surface area contributed by atoms with E-state index in [1.807, 2.05) is 49.3 Å². The second-order valence-electron chi connectivity index (χ2n) is 8.40. The van der Waals surface area contributed by atoms with Crippen LogP contribution < -0.4 is 15.5 Å². The molecule has 4 rings (SSSR count). The lowest BCUT2D eigenvalue weighted by atomic mass is 9.86. The number of benzene rings is 2. The normalized spacial score (nSPS) is 19.0. The fourth-order valence-corrected chi connectivity index (χ4v) is 4.18. The topological polar surface area (TPSA) is 53.1 Å². The van der Waals surface area contributed by atoms with Gasteiger partial charge in [-0.1, -0.05) is 24.3 Å². The van der Waals surface area contributed by atoms with Crippen LogP contribution in [0.15, 0.2) is 48.5 Å². The first-order valence-electron chi connectivity index (χ1n) is 10.7. The Morgan fingerprint density at radius 2 is 1.70 bits per heavy atom. The second kappa shape index (κ2) is 9.39. The number of nitrogens with zero attached hydrogens (tertiary/aromatic N) is 3. The molecule has 1 heterocycles. The molecule has 0 unspecified atom stereocenters. The molecule has 0 bridgehead atoms. The van der Waals surface area contributed by atoms with Crippen LogP contribution in [0.25, 0.3) is 10.9 Å². The quantitative estimate of drug-likeness (QED) is 0.600. The number of para-hydroxylation sites is 1. The molecule has 0 aliphatic heterocycles. The standard InChI is InChI=1S/C24H30FN5/c1-30(2)23-21-5-3-4-6-22(21)28-24(29-23)27-20-13-9-18(10-14-20)16-26-15-17-7-11-19(25)12-8-17/h3-8,11-12,18,20,26H,9-10,13-16H2,1-2H3,(H,27,28,29). The number of aromatic nitrogens is 2. The summed E-state index contributed by atoms with van der Waals surface area (Å²) in [5, 5.41) is 8.17. The largest absolute Gasteiger partial charge is 0.362 e. The summed E-state index contributed by atoms with van der Waals surface area (Å²) < 4.78 is 13.0. The first-order chi connectivity index (χ1) is 14.6. The molecule has 5 nitrogen and oxygen atoms in total. The minimum atomic E-state index is -0.183. The van der Waals surface area contributed by atoms with Gasteiger partial charge >= 0.3 is 0 Å². The van der Waals surface area contributed by atoms with Crippen molar-refractivity contribution < 1.29 is 4.39 Å². The van der Waals surface area contributed by atoms with Crippen molar-refractivity contribution >= 4 is 22.7 Å². The van der Waals surface area contributed by atoms with E-state index in [1.165, 1.54) is 25.0 Å². The van der Waals surface area contributed by atoms with E-state index in [4.69, 9.17) is 9.97 Å². The van der Waals surface area contributed by atoms with Crippen LogP contribution in [-0.4, -0.2) is 36.6 Å². The minimum absolute atomic E-state index is 0.183. The first-order valence-corrected chi connectivity index (χ1v) is 10.7. The van der Waals surface area contributed by atoms with Crippen LogP contribution in [0.4, 0.5) is 16.2 Å². The first kappa shape index (κ1) is 20.5. The average Bonchev–Trinajstić information content (AvgIpc) is 2.76. The molecule has 1 saturated carbocycles. The molecular formula is C24H30FN5. The van der Waals surface area contributed by atoms with Crippen LogP contribution in [0.2, 0.25) is 0 Å². The van der Waals surface area contributed by atoms with E-state index in [2.05, 4.69) is 16.7 Å². The molecule has 0 saturated heterocycles. The molecule has 2 aromatic carbocycles. The van der Waals surface area contributed by atoms with E-state index in [9.17, 15) is 4.39 Å². The van der Waals surface area contributed by atoms with Crippen LogP contribution in [0.1, 0.15) is 31.2 Å². The lowest BCUT2D eigenvalue weighted by molar-refractivity contribution is 0.324. The van der Waals surface area contributed by atoms with Gasteiger partial charge in [-0.3, -0.25) is 0 Å². The maximum atomic E-state index is 13.0. The van der Waals surface area contributed by atoms with Crippen LogP contribution in [-0.2, 0) is 6.54 Å². The molecule has 2 N–H and O–H groups in total. The highest BCUT2D eigenvalue weighted by Gasteiger charge is 2.22. The summed E-state index contributed by atoms with van der Waals surface area (Å²) >= 11 is 0. The molecule has 1 aliphatic carbocycles. The fraction of sp³-hybridized carbons (Fsp3) is 0.417. The van der Waals surface area contributed by atoms with Crippen molar-refractivity contribution in [1.82, 2.24) is 15.3 Å². The van der Waals surface area contributed by atoms with Gasteiger partial charge in [-0.05, 0) is 68.0 Å². The summed E-state index contributed by atoms with van der Waals surface area (Å²) in [6.07, 6.45) is 4.61. The summed E-state index contributed by atoms with van der Waals surface area (Å²) in [6, 6.07) is 15.3. The zero-order valence-electron chi connectivity index (χ0n) is 17.7. The highest BCUT2D eigenvalue weighted by molar-refractivity contribution is 5.90. The van der Waals surface area contributed by atoms with Gasteiger partial charge in [0.05, 0.1) is 5.52 Å². The molecule has 3 aromatic rings. The Labute approximate surface area is 177 Å². The highest BCUT2D eigenvalue weighted by atomic mass is 19.1. The van der Waals surface area contributed by atoms with E-state index < -0.39 is 0 Å². The Bertz CT molecular complexity index is 965. The van der Waals surface area contributed by atoms with Gasteiger partial charge in [-0.15, -0.1) is 0 Å². The van der Waals surface area contributed by atoms with Gasteiger partial charge in [0.2, 0.25) is 5.95 Å². The number of halogens is 1. The molecule has 0 amide bonds. The van der Waals surface area contributed by atoms with Crippen LogP contribution in [0, 0.1) is 11.7 Å². The third kappa shape index (κ3) is 5.05. The molecule has 0 atom stereocenters. The van der Waals surface area contributed by atoms with Gasteiger partial charge in [0.25, 0.3) is 0 Å². The van der Waals surface area contributed by atoms with Gasteiger partial charge in [-0.25, -0.2) is 9.37 Å². The Kier molecular flexibility index (Phi) is 6.43. The molecule has 6 heteroatoms.